The van der Waals surface area contributed by atoms with Crippen molar-refractivity contribution in [1.29, 1.82) is 0 Å². The molecule has 2 aromatic carbocycles. The lowest BCUT2D eigenvalue weighted by Crippen LogP contribution is -2.04. The maximum absolute atomic E-state index is 12.1. The zero-order valence-electron chi connectivity index (χ0n) is 12.2. The molecule has 0 fully saturated rings. The normalized spacial score (nSPS) is 10.3. The molecule has 0 radical (unpaired) electrons. The molecular formula is C17H14ClF3O2. The van der Waals surface area contributed by atoms with Crippen molar-refractivity contribution in [2.75, 3.05) is 7.11 Å². The van der Waals surface area contributed by atoms with Gasteiger partial charge < -0.3 is 4.74 Å². The minimum absolute atomic E-state index is 0.0600. The van der Waals surface area contributed by atoms with Gasteiger partial charge in [-0.15, -0.1) is 0 Å². The Morgan fingerprint density at radius 1 is 1.17 bits per heavy atom. The Labute approximate surface area is 137 Å². The summed E-state index contributed by atoms with van der Waals surface area (Å²) in [5, 5.41) is 0.0600. The predicted octanol–water partition coefficient (Wildman–Crippen LogP) is 5.48. The van der Waals surface area contributed by atoms with Gasteiger partial charge in [0, 0.05) is 5.02 Å². The van der Waals surface area contributed by atoms with Gasteiger partial charge in [0.25, 0.3) is 0 Å². The number of esters is 1. The third-order valence-electron chi connectivity index (χ3n) is 2.74. The number of carbonyl (C=O) groups is 1. The van der Waals surface area contributed by atoms with Crippen LogP contribution in [-0.2, 0) is 10.9 Å². The average molecular weight is 343 g/mol. The molecular weight excluding hydrogens is 329 g/mol. The van der Waals surface area contributed by atoms with Crippen LogP contribution in [0.3, 0.4) is 0 Å². The maximum atomic E-state index is 12.1. The van der Waals surface area contributed by atoms with Gasteiger partial charge in [-0.05, 0) is 29.8 Å². The van der Waals surface area contributed by atoms with Crippen LogP contribution in [0.1, 0.15) is 21.5 Å². The van der Waals surface area contributed by atoms with Crippen molar-refractivity contribution in [2.45, 2.75) is 6.18 Å². The Bertz CT molecular complexity index is 667. The fraction of sp³-hybridized carbons (Fsp3) is 0.118. The highest BCUT2D eigenvalue weighted by Gasteiger charge is 2.30. The summed E-state index contributed by atoms with van der Waals surface area (Å²) in [6.45, 7) is 3.42. The second-order valence-corrected chi connectivity index (χ2v) is 4.70. The quantitative estimate of drug-likeness (QED) is 0.676. The second-order valence-electron chi connectivity index (χ2n) is 4.30. The molecule has 0 aliphatic carbocycles. The zero-order valence-corrected chi connectivity index (χ0v) is 13.0. The van der Waals surface area contributed by atoms with Gasteiger partial charge in [-0.2, -0.15) is 13.2 Å². The van der Waals surface area contributed by atoms with Gasteiger partial charge in [0.1, 0.15) is 0 Å². The molecule has 6 heteroatoms. The maximum Gasteiger partial charge on any atom is 0.416 e. The smallest absolute Gasteiger partial charge is 0.416 e. The van der Waals surface area contributed by atoms with E-state index in [4.69, 9.17) is 11.6 Å². The highest BCUT2D eigenvalue weighted by molar-refractivity contribution is 6.32. The zero-order chi connectivity index (χ0) is 17.5. The fourth-order valence-corrected chi connectivity index (χ4v) is 1.82. The van der Waals surface area contributed by atoms with Gasteiger partial charge in [0.2, 0.25) is 0 Å². The van der Waals surface area contributed by atoms with Crippen LogP contribution in [0, 0.1) is 0 Å². The summed E-state index contributed by atoms with van der Waals surface area (Å²) in [5.41, 5.74) is 0.336. The molecule has 0 unspecified atom stereocenters. The lowest BCUT2D eigenvalue weighted by atomic mass is 10.1. The van der Waals surface area contributed by atoms with Gasteiger partial charge in [-0.3, -0.25) is 0 Å². The van der Waals surface area contributed by atoms with Crippen LogP contribution in [0.25, 0.3) is 6.08 Å². The van der Waals surface area contributed by atoms with Crippen LogP contribution in [-0.4, -0.2) is 13.1 Å². The second kappa shape index (κ2) is 8.39. The molecule has 0 heterocycles. The van der Waals surface area contributed by atoms with Crippen LogP contribution in [0.4, 0.5) is 13.2 Å². The molecule has 0 bridgehead atoms. The predicted molar refractivity (Wildman–Crippen MR) is 84.3 cm³/mol. The van der Waals surface area contributed by atoms with E-state index in [1.54, 1.807) is 24.3 Å². The molecule has 0 aliphatic heterocycles. The first-order valence-electron chi connectivity index (χ1n) is 6.42. The Hall–Kier alpha value is -2.27. The number of hydrogen-bond acceptors (Lipinski definition) is 2. The van der Waals surface area contributed by atoms with E-state index in [9.17, 15) is 18.0 Å². The van der Waals surface area contributed by atoms with E-state index < -0.39 is 11.7 Å². The van der Waals surface area contributed by atoms with Gasteiger partial charge in [-0.1, -0.05) is 48.5 Å². The Morgan fingerprint density at radius 2 is 1.78 bits per heavy atom. The fourth-order valence-electron chi connectivity index (χ4n) is 1.56. The molecule has 0 N–H and O–H groups in total. The third kappa shape index (κ3) is 5.79. The molecule has 0 spiro atoms. The highest BCUT2D eigenvalue weighted by atomic mass is 35.5. The van der Waals surface area contributed by atoms with Crippen LogP contribution in [0.5, 0.6) is 0 Å². The average Bonchev–Trinajstić information content (AvgIpc) is 2.54. The molecule has 0 saturated carbocycles. The number of hydrogen-bond donors (Lipinski definition) is 0. The highest BCUT2D eigenvalue weighted by Crippen LogP contribution is 2.32. The van der Waals surface area contributed by atoms with Crippen molar-refractivity contribution in [1.82, 2.24) is 0 Å². The molecule has 2 aromatic rings. The summed E-state index contributed by atoms with van der Waals surface area (Å²) >= 11 is 5.56. The van der Waals surface area contributed by atoms with E-state index in [0.717, 1.165) is 12.1 Å². The molecule has 0 amide bonds. The van der Waals surface area contributed by atoms with Crippen molar-refractivity contribution < 1.29 is 22.7 Å². The lowest BCUT2D eigenvalue weighted by molar-refractivity contribution is -0.137. The summed E-state index contributed by atoms with van der Waals surface area (Å²) in [5.74, 6) is -0.291. The third-order valence-corrected chi connectivity index (χ3v) is 3.07. The number of ether oxygens (including phenoxy) is 1. The molecule has 2 rings (SSSR count). The largest absolute Gasteiger partial charge is 0.465 e. The SMILES string of the molecule is C=Cc1ccc(C(F)(F)F)cc1Cl.COC(=O)c1ccccc1. The first kappa shape index (κ1) is 18.8. The minimum atomic E-state index is -4.34. The van der Waals surface area contributed by atoms with E-state index in [-0.39, 0.29) is 11.0 Å². The Kier molecular flexibility index (Phi) is 6.85. The summed E-state index contributed by atoms with van der Waals surface area (Å²) in [6, 6.07) is 12.0. The molecule has 0 aliphatic rings. The van der Waals surface area contributed by atoms with Crippen LogP contribution in [0.2, 0.25) is 5.02 Å². The first-order chi connectivity index (χ1) is 10.8. The van der Waals surface area contributed by atoms with E-state index in [1.165, 1.54) is 19.3 Å². The summed E-state index contributed by atoms with van der Waals surface area (Å²) in [6.07, 6.45) is -2.94. The van der Waals surface area contributed by atoms with Crippen molar-refractivity contribution >= 4 is 23.6 Å². The lowest BCUT2D eigenvalue weighted by Gasteiger charge is -2.07. The standard InChI is InChI=1S/C9H6ClF3.C8H8O2/c1-2-6-3-4-7(5-8(6)10)9(11,12)13;1-10-8(9)7-5-3-2-4-6-7/h2-5H,1H2;2-6H,1H3. The van der Waals surface area contributed by atoms with Gasteiger partial charge in [0.15, 0.2) is 0 Å². The molecule has 0 atom stereocenters. The summed E-state index contributed by atoms with van der Waals surface area (Å²) in [4.78, 5) is 10.8. The number of methoxy groups -OCH3 is 1. The molecule has 0 aromatic heterocycles. The van der Waals surface area contributed by atoms with E-state index >= 15 is 0 Å². The van der Waals surface area contributed by atoms with E-state index in [1.807, 2.05) is 6.07 Å². The minimum Gasteiger partial charge on any atom is -0.465 e. The Morgan fingerprint density at radius 3 is 2.22 bits per heavy atom. The topological polar surface area (TPSA) is 26.3 Å². The summed E-state index contributed by atoms with van der Waals surface area (Å²) < 4.78 is 40.9. The van der Waals surface area contributed by atoms with Gasteiger partial charge in [-0.25, -0.2) is 4.79 Å². The number of halogens is 4. The van der Waals surface area contributed by atoms with Crippen molar-refractivity contribution in [3.8, 4) is 0 Å². The first-order valence-corrected chi connectivity index (χ1v) is 6.80. The molecule has 23 heavy (non-hydrogen) atoms. The van der Waals surface area contributed by atoms with Crippen LogP contribution in [0.15, 0.2) is 55.1 Å². The van der Waals surface area contributed by atoms with Crippen molar-refractivity contribution in [2.24, 2.45) is 0 Å². The van der Waals surface area contributed by atoms with E-state index in [0.29, 0.717) is 11.1 Å². The van der Waals surface area contributed by atoms with Crippen molar-refractivity contribution in [3.05, 3.63) is 76.8 Å². The molecule has 2 nitrogen and oxygen atoms in total. The Balaban J connectivity index is 0.000000238. The van der Waals surface area contributed by atoms with Crippen LogP contribution < -0.4 is 0 Å². The number of alkyl halides is 3. The number of carbonyl (C=O) groups excluding carboxylic acids is 1. The number of benzene rings is 2. The van der Waals surface area contributed by atoms with Gasteiger partial charge in [0.05, 0.1) is 18.2 Å². The number of rotatable bonds is 2. The monoisotopic (exact) mass is 342 g/mol. The van der Waals surface area contributed by atoms with Gasteiger partial charge >= 0.3 is 12.1 Å². The van der Waals surface area contributed by atoms with Crippen LogP contribution >= 0.6 is 11.6 Å². The van der Waals surface area contributed by atoms with E-state index in [2.05, 4.69) is 11.3 Å². The van der Waals surface area contributed by atoms with Crippen molar-refractivity contribution in [3.63, 3.8) is 0 Å². The molecule has 122 valence electrons. The summed E-state index contributed by atoms with van der Waals surface area (Å²) in [7, 11) is 1.37. The molecule has 0 saturated heterocycles.